The molecule has 0 aromatic carbocycles. The Bertz CT molecular complexity index is 340. The van der Waals surface area contributed by atoms with E-state index in [0.717, 1.165) is 35.9 Å². The van der Waals surface area contributed by atoms with Crippen molar-refractivity contribution < 1.29 is 9.47 Å². The highest BCUT2D eigenvalue weighted by atomic mass is 32.1. The van der Waals surface area contributed by atoms with Gasteiger partial charge < -0.3 is 14.8 Å². The van der Waals surface area contributed by atoms with Crippen LogP contribution in [0.5, 0.6) is 0 Å². The summed E-state index contributed by atoms with van der Waals surface area (Å²) in [6, 6.07) is 0. The molecule has 0 bridgehead atoms. The van der Waals surface area contributed by atoms with Gasteiger partial charge in [-0.25, -0.2) is 0 Å². The highest BCUT2D eigenvalue weighted by molar-refractivity contribution is 7.11. The van der Waals surface area contributed by atoms with Gasteiger partial charge in [-0.05, 0) is 25.9 Å². The zero-order chi connectivity index (χ0) is 12.6. The molecule has 0 amide bonds. The third-order valence-electron chi connectivity index (χ3n) is 2.74. The average Bonchev–Trinajstić information content (AvgIpc) is 2.88. The van der Waals surface area contributed by atoms with Gasteiger partial charge >= 0.3 is 0 Å². The summed E-state index contributed by atoms with van der Waals surface area (Å²) in [5.74, 6) is 0. The van der Waals surface area contributed by atoms with Gasteiger partial charge in [-0.2, -0.15) is 0 Å². The van der Waals surface area contributed by atoms with Gasteiger partial charge in [0.25, 0.3) is 0 Å². The first-order valence-electron chi connectivity index (χ1n) is 6.62. The Kier molecular flexibility index (Phi) is 5.99. The summed E-state index contributed by atoms with van der Waals surface area (Å²) >= 11 is 1.65. The second-order valence-corrected chi connectivity index (χ2v) is 5.42. The molecule has 1 aliphatic heterocycles. The first-order chi connectivity index (χ1) is 8.90. The number of hydrogen-bond donors (Lipinski definition) is 1. The summed E-state index contributed by atoms with van der Waals surface area (Å²) in [6.07, 6.45) is 3.27. The van der Waals surface area contributed by atoms with Crippen LogP contribution in [0.3, 0.4) is 0 Å². The molecule has 0 saturated carbocycles. The fraction of sp³-hybridized carbons (Fsp3) is 0.833. The van der Waals surface area contributed by atoms with Crippen molar-refractivity contribution in [3.05, 3.63) is 10.0 Å². The van der Waals surface area contributed by atoms with Gasteiger partial charge in [-0.1, -0.05) is 18.3 Å². The van der Waals surface area contributed by atoms with Gasteiger partial charge in [0.2, 0.25) is 0 Å². The van der Waals surface area contributed by atoms with E-state index in [1.54, 1.807) is 11.3 Å². The Morgan fingerprint density at radius 2 is 2.28 bits per heavy atom. The van der Waals surface area contributed by atoms with Crippen LogP contribution in [0.4, 0.5) is 0 Å². The van der Waals surface area contributed by atoms with Gasteiger partial charge in [-0.3, -0.25) is 0 Å². The van der Waals surface area contributed by atoms with Crippen LogP contribution < -0.4 is 5.32 Å². The largest absolute Gasteiger partial charge is 0.376 e. The molecule has 0 aliphatic carbocycles. The van der Waals surface area contributed by atoms with Crippen LogP contribution in [0.25, 0.3) is 0 Å². The van der Waals surface area contributed by atoms with Crippen LogP contribution in [0, 0.1) is 0 Å². The van der Waals surface area contributed by atoms with E-state index in [1.807, 2.05) is 0 Å². The van der Waals surface area contributed by atoms with Gasteiger partial charge in [0.15, 0.2) is 0 Å². The fourth-order valence-electron chi connectivity index (χ4n) is 1.79. The van der Waals surface area contributed by atoms with Crippen LogP contribution in [-0.4, -0.2) is 43.1 Å². The predicted molar refractivity (Wildman–Crippen MR) is 70.9 cm³/mol. The first-order valence-corrected chi connectivity index (χ1v) is 7.44. The number of aryl methyl sites for hydroxylation is 1. The van der Waals surface area contributed by atoms with Crippen LogP contribution >= 0.6 is 11.3 Å². The number of aromatic nitrogens is 2. The molecule has 1 atom stereocenters. The Labute approximate surface area is 112 Å². The lowest BCUT2D eigenvalue weighted by Gasteiger charge is -2.20. The maximum atomic E-state index is 5.61. The summed E-state index contributed by atoms with van der Waals surface area (Å²) in [4.78, 5) is 0. The Morgan fingerprint density at radius 1 is 1.33 bits per heavy atom. The number of nitrogens with one attached hydrogen (secondary N) is 1. The van der Waals surface area contributed by atoms with Crippen molar-refractivity contribution in [2.45, 2.75) is 32.3 Å². The van der Waals surface area contributed by atoms with Crippen LogP contribution in [0.15, 0.2) is 0 Å². The Morgan fingerprint density at radius 3 is 3.06 bits per heavy atom. The lowest BCUT2D eigenvalue weighted by atomic mass is 10.3. The maximum Gasteiger partial charge on any atom is 0.148 e. The summed E-state index contributed by atoms with van der Waals surface area (Å²) < 4.78 is 11.0. The van der Waals surface area contributed by atoms with Crippen molar-refractivity contribution in [1.29, 1.82) is 0 Å². The van der Waals surface area contributed by atoms with E-state index in [4.69, 9.17) is 9.47 Å². The van der Waals surface area contributed by atoms with Crippen molar-refractivity contribution in [2.24, 2.45) is 0 Å². The topological polar surface area (TPSA) is 56.3 Å². The van der Waals surface area contributed by atoms with E-state index < -0.39 is 0 Å². The summed E-state index contributed by atoms with van der Waals surface area (Å²) in [6.45, 7) is 6.26. The van der Waals surface area contributed by atoms with E-state index in [0.29, 0.717) is 19.8 Å². The first kappa shape index (κ1) is 13.9. The average molecular weight is 271 g/mol. The Hall–Kier alpha value is -0.560. The molecular weight excluding hydrogens is 250 g/mol. The second-order valence-electron chi connectivity index (χ2n) is 4.32. The van der Waals surface area contributed by atoms with Gasteiger partial charge in [0, 0.05) is 6.42 Å². The second kappa shape index (κ2) is 7.78. The molecule has 102 valence electrons. The number of nitrogens with zero attached hydrogens (tertiary/aromatic N) is 2. The third kappa shape index (κ3) is 4.28. The molecule has 0 radical (unpaired) electrons. The Balaban J connectivity index is 1.72. The molecule has 1 fully saturated rings. The lowest BCUT2D eigenvalue weighted by molar-refractivity contribution is -0.0903. The standard InChI is InChI=1S/C12H21N3O2S/c1-2-5-13-6-3-4-11-14-15-12(18-11)10-9-16-7-8-17-10/h10,13H,2-9H2,1H3. The quantitative estimate of drug-likeness (QED) is 0.763. The predicted octanol–water partition coefficient (Wildman–Crippen LogP) is 1.56. The van der Waals surface area contributed by atoms with E-state index in [1.165, 1.54) is 6.42 Å². The van der Waals surface area contributed by atoms with Crippen molar-refractivity contribution in [3.8, 4) is 0 Å². The van der Waals surface area contributed by atoms with Gasteiger partial charge in [-0.15, -0.1) is 10.2 Å². The lowest BCUT2D eigenvalue weighted by Crippen LogP contribution is -2.21. The van der Waals surface area contributed by atoms with Crippen molar-refractivity contribution in [3.63, 3.8) is 0 Å². The minimum absolute atomic E-state index is 0.0109. The highest BCUT2D eigenvalue weighted by Gasteiger charge is 2.20. The molecule has 18 heavy (non-hydrogen) atoms. The van der Waals surface area contributed by atoms with Crippen molar-refractivity contribution in [1.82, 2.24) is 15.5 Å². The van der Waals surface area contributed by atoms with Crippen LogP contribution in [0.1, 0.15) is 35.9 Å². The maximum absolute atomic E-state index is 5.61. The molecule has 2 heterocycles. The molecular formula is C12H21N3O2S. The number of hydrogen-bond acceptors (Lipinski definition) is 6. The van der Waals surface area contributed by atoms with Crippen molar-refractivity contribution in [2.75, 3.05) is 32.9 Å². The summed E-state index contributed by atoms with van der Waals surface area (Å²) in [5, 5.41) is 13.8. The number of ether oxygens (including phenoxy) is 2. The van der Waals surface area contributed by atoms with E-state index in [2.05, 4.69) is 22.4 Å². The third-order valence-corrected chi connectivity index (χ3v) is 3.82. The van der Waals surface area contributed by atoms with E-state index in [-0.39, 0.29) is 6.10 Å². The molecule has 1 saturated heterocycles. The normalized spacial score (nSPS) is 20.2. The zero-order valence-corrected chi connectivity index (χ0v) is 11.7. The molecule has 6 heteroatoms. The van der Waals surface area contributed by atoms with Gasteiger partial charge in [0.1, 0.15) is 16.1 Å². The van der Waals surface area contributed by atoms with E-state index in [9.17, 15) is 0 Å². The number of rotatable bonds is 7. The van der Waals surface area contributed by atoms with E-state index >= 15 is 0 Å². The van der Waals surface area contributed by atoms with Gasteiger partial charge in [0.05, 0.1) is 19.8 Å². The van der Waals surface area contributed by atoms with Crippen molar-refractivity contribution >= 4 is 11.3 Å². The molecule has 1 unspecified atom stereocenters. The molecule has 1 aromatic heterocycles. The molecule has 2 rings (SSSR count). The minimum Gasteiger partial charge on any atom is -0.376 e. The minimum atomic E-state index is -0.0109. The van der Waals surface area contributed by atoms with Crippen LogP contribution in [0.2, 0.25) is 0 Å². The van der Waals surface area contributed by atoms with Crippen LogP contribution in [-0.2, 0) is 15.9 Å². The monoisotopic (exact) mass is 271 g/mol. The molecule has 1 aliphatic rings. The summed E-state index contributed by atoms with van der Waals surface area (Å²) in [7, 11) is 0. The molecule has 0 spiro atoms. The summed E-state index contributed by atoms with van der Waals surface area (Å²) in [5.41, 5.74) is 0. The molecule has 1 N–H and O–H groups in total. The SMILES string of the molecule is CCCNCCCc1nnc(C2COCCO2)s1. The smallest absolute Gasteiger partial charge is 0.148 e. The molecule has 1 aromatic rings. The molecule has 5 nitrogen and oxygen atoms in total. The fourth-order valence-corrected chi connectivity index (χ4v) is 2.71. The highest BCUT2D eigenvalue weighted by Crippen LogP contribution is 2.24. The zero-order valence-electron chi connectivity index (χ0n) is 10.9.